The summed E-state index contributed by atoms with van der Waals surface area (Å²) in [6, 6.07) is 0. The van der Waals surface area contributed by atoms with E-state index in [1.807, 2.05) is 20.9 Å². The largest absolute Gasteiger partial charge is 0.355 e. The lowest BCUT2D eigenvalue weighted by molar-refractivity contribution is -0.121. The molecule has 0 aliphatic rings. The SMILES string of the molecule is CCCNC(=O)Cn1c(=S)[nH]c2c(CC)nn(C)c21. The van der Waals surface area contributed by atoms with Crippen LogP contribution in [-0.2, 0) is 24.8 Å². The van der Waals surface area contributed by atoms with Gasteiger partial charge in [0.25, 0.3) is 0 Å². The smallest absolute Gasteiger partial charge is 0.240 e. The van der Waals surface area contributed by atoms with Gasteiger partial charge in [0.15, 0.2) is 10.4 Å². The highest BCUT2D eigenvalue weighted by molar-refractivity contribution is 7.71. The Morgan fingerprint density at radius 1 is 1.47 bits per heavy atom. The van der Waals surface area contributed by atoms with E-state index in [0.717, 1.165) is 29.7 Å². The van der Waals surface area contributed by atoms with Crippen molar-refractivity contribution in [1.29, 1.82) is 0 Å². The number of hydrogen-bond donors (Lipinski definition) is 2. The number of H-pyrrole nitrogens is 1. The number of rotatable bonds is 5. The fourth-order valence-corrected chi connectivity index (χ4v) is 2.39. The molecule has 0 radical (unpaired) electrons. The van der Waals surface area contributed by atoms with E-state index in [-0.39, 0.29) is 12.5 Å². The number of aryl methyl sites for hydroxylation is 2. The number of fused-ring (bicyclic) bond motifs is 1. The Bertz CT molecular complexity index is 651. The number of imidazole rings is 1. The Morgan fingerprint density at radius 2 is 2.21 bits per heavy atom. The van der Waals surface area contributed by atoms with Crippen LogP contribution in [0.1, 0.15) is 26.0 Å². The van der Waals surface area contributed by atoms with Crippen LogP contribution in [0.5, 0.6) is 0 Å². The molecule has 0 saturated heterocycles. The van der Waals surface area contributed by atoms with Crippen LogP contribution in [0.2, 0.25) is 0 Å². The summed E-state index contributed by atoms with van der Waals surface area (Å²) < 4.78 is 4.12. The molecule has 0 fully saturated rings. The topological polar surface area (TPSA) is 67.6 Å². The molecule has 2 heterocycles. The first-order chi connectivity index (χ1) is 9.08. The van der Waals surface area contributed by atoms with Crippen LogP contribution in [0, 0.1) is 4.77 Å². The molecule has 0 atom stereocenters. The van der Waals surface area contributed by atoms with Gasteiger partial charge in [-0.05, 0) is 25.1 Å². The average Bonchev–Trinajstić information content (AvgIpc) is 2.86. The summed E-state index contributed by atoms with van der Waals surface area (Å²) in [4.78, 5) is 15.0. The van der Waals surface area contributed by atoms with Crippen molar-refractivity contribution < 1.29 is 4.79 Å². The number of aromatic nitrogens is 4. The minimum atomic E-state index is -0.0295. The summed E-state index contributed by atoms with van der Waals surface area (Å²) in [5, 5.41) is 7.28. The van der Waals surface area contributed by atoms with Gasteiger partial charge in [-0.2, -0.15) is 5.10 Å². The van der Waals surface area contributed by atoms with E-state index in [9.17, 15) is 4.79 Å². The maximum Gasteiger partial charge on any atom is 0.240 e. The summed E-state index contributed by atoms with van der Waals surface area (Å²) >= 11 is 5.29. The molecule has 2 rings (SSSR count). The van der Waals surface area contributed by atoms with Gasteiger partial charge in [0.1, 0.15) is 12.1 Å². The van der Waals surface area contributed by atoms with Crippen LogP contribution in [0.15, 0.2) is 0 Å². The second-order valence-corrected chi connectivity index (χ2v) is 4.88. The van der Waals surface area contributed by atoms with Gasteiger partial charge in [-0.15, -0.1) is 0 Å². The van der Waals surface area contributed by atoms with Crippen molar-refractivity contribution >= 4 is 29.3 Å². The Morgan fingerprint density at radius 3 is 2.84 bits per heavy atom. The lowest BCUT2D eigenvalue weighted by atomic mass is 10.3. The quantitative estimate of drug-likeness (QED) is 0.817. The molecule has 2 aromatic heterocycles. The summed E-state index contributed by atoms with van der Waals surface area (Å²) in [6.07, 6.45) is 1.75. The highest BCUT2D eigenvalue weighted by atomic mass is 32.1. The first kappa shape index (κ1) is 13.8. The minimum Gasteiger partial charge on any atom is -0.355 e. The molecule has 0 bridgehead atoms. The number of nitrogens with one attached hydrogen (secondary N) is 2. The van der Waals surface area contributed by atoms with E-state index in [0.29, 0.717) is 11.3 Å². The van der Waals surface area contributed by atoms with Gasteiger partial charge in [-0.3, -0.25) is 14.0 Å². The van der Waals surface area contributed by atoms with Crippen molar-refractivity contribution in [2.24, 2.45) is 7.05 Å². The van der Waals surface area contributed by atoms with Crippen molar-refractivity contribution in [3.63, 3.8) is 0 Å². The third kappa shape index (κ3) is 2.56. The molecule has 0 aliphatic carbocycles. The molecule has 0 aromatic carbocycles. The highest BCUT2D eigenvalue weighted by Gasteiger charge is 2.15. The Hall–Kier alpha value is -1.63. The molecule has 19 heavy (non-hydrogen) atoms. The predicted molar refractivity (Wildman–Crippen MR) is 76.6 cm³/mol. The van der Waals surface area contributed by atoms with Gasteiger partial charge >= 0.3 is 0 Å². The number of nitrogens with zero attached hydrogens (tertiary/aromatic N) is 3. The van der Waals surface area contributed by atoms with E-state index in [2.05, 4.69) is 15.4 Å². The van der Waals surface area contributed by atoms with Crippen LogP contribution in [-0.4, -0.2) is 31.8 Å². The van der Waals surface area contributed by atoms with E-state index in [4.69, 9.17) is 12.2 Å². The second kappa shape index (κ2) is 5.56. The number of hydrogen-bond acceptors (Lipinski definition) is 3. The molecule has 2 N–H and O–H groups in total. The average molecular weight is 281 g/mol. The Balaban J connectivity index is 2.38. The third-order valence-corrected chi connectivity index (χ3v) is 3.35. The highest BCUT2D eigenvalue weighted by Crippen LogP contribution is 2.17. The third-order valence-electron chi connectivity index (χ3n) is 3.03. The summed E-state index contributed by atoms with van der Waals surface area (Å²) in [5.74, 6) is -0.0295. The maximum atomic E-state index is 11.8. The van der Waals surface area contributed by atoms with Crippen LogP contribution < -0.4 is 5.32 Å². The van der Waals surface area contributed by atoms with Crippen molar-refractivity contribution in [2.45, 2.75) is 33.2 Å². The van der Waals surface area contributed by atoms with Crippen LogP contribution in [0.4, 0.5) is 0 Å². The molecule has 0 unspecified atom stereocenters. The number of aromatic amines is 1. The molecular formula is C12H19N5OS. The summed E-state index contributed by atoms with van der Waals surface area (Å²) in [6.45, 7) is 4.98. The van der Waals surface area contributed by atoms with E-state index in [1.165, 1.54) is 0 Å². The normalized spacial score (nSPS) is 11.1. The summed E-state index contributed by atoms with van der Waals surface area (Å²) in [7, 11) is 1.87. The molecule has 1 amide bonds. The lowest BCUT2D eigenvalue weighted by Gasteiger charge is -2.05. The second-order valence-electron chi connectivity index (χ2n) is 4.49. The Kier molecular flexibility index (Phi) is 4.04. The fourth-order valence-electron chi connectivity index (χ4n) is 2.14. The molecule has 104 valence electrons. The molecule has 2 aromatic rings. The molecule has 0 saturated carbocycles. The molecule has 0 aliphatic heterocycles. The van der Waals surface area contributed by atoms with Crippen molar-refractivity contribution in [2.75, 3.05) is 6.54 Å². The predicted octanol–water partition coefficient (Wildman–Crippen LogP) is 1.52. The van der Waals surface area contributed by atoms with Gasteiger partial charge in [0.05, 0.1) is 5.69 Å². The van der Waals surface area contributed by atoms with Gasteiger partial charge < -0.3 is 10.3 Å². The molecule has 0 spiro atoms. The van der Waals surface area contributed by atoms with Gasteiger partial charge in [-0.1, -0.05) is 13.8 Å². The Labute approximate surface area is 116 Å². The first-order valence-corrected chi connectivity index (χ1v) is 6.90. The summed E-state index contributed by atoms with van der Waals surface area (Å²) in [5.41, 5.74) is 2.77. The zero-order valence-electron chi connectivity index (χ0n) is 11.5. The first-order valence-electron chi connectivity index (χ1n) is 6.49. The maximum absolute atomic E-state index is 11.8. The lowest BCUT2D eigenvalue weighted by Crippen LogP contribution is -2.28. The molecule has 6 nitrogen and oxygen atoms in total. The molecular weight excluding hydrogens is 262 g/mol. The standard InChI is InChI=1S/C12H19N5OS/c1-4-6-13-9(18)7-17-11-10(14-12(17)19)8(5-2)15-16(11)3/h4-7H2,1-3H3,(H,13,18)(H,14,19). The van der Waals surface area contributed by atoms with Gasteiger partial charge in [-0.25, -0.2) is 0 Å². The zero-order chi connectivity index (χ0) is 14.0. The fraction of sp³-hybridized carbons (Fsp3) is 0.583. The molecule has 7 heteroatoms. The minimum absolute atomic E-state index is 0.0295. The van der Waals surface area contributed by atoms with Crippen molar-refractivity contribution in [3.8, 4) is 0 Å². The van der Waals surface area contributed by atoms with Crippen LogP contribution in [0.25, 0.3) is 11.2 Å². The number of carbonyl (C=O) groups excluding carboxylic acids is 1. The van der Waals surface area contributed by atoms with Crippen molar-refractivity contribution in [1.82, 2.24) is 24.6 Å². The van der Waals surface area contributed by atoms with E-state index in [1.54, 1.807) is 9.25 Å². The number of amides is 1. The van der Waals surface area contributed by atoms with Crippen LogP contribution in [0.3, 0.4) is 0 Å². The van der Waals surface area contributed by atoms with Crippen molar-refractivity contribution in [3.05, 3.63) is 10.5 Å². The van der Waals surface area contributed by atoms with E-state index < -0.39 is 0 Å². The monoisotopic (exact) mass is 281 g/mol. The zero-order valence-corrected chi connectivity index (χ0v) is 12.3. The van der Waals surface area contributed by atoms with Crippen LogP contribution >= 0.6 is 12.2 Å². The van der Waals surface area contributed by atoms with Gasteiger partial charge in [0, 0.05) is 13.6 Å². The number of carbonyl (C=O) groups is 1. The van der Waals surface area contributed by atoms with E-state index >= 15 is 0 Å². The van der Waals surface area contributed by atoms with Gasteiger partial charge in [0.2, 0.25) is 5.91 Å².